The molecule has 0 spiro atoms. The second-order valence-corrected chi connectivity index (χ2v) is 8.50. The summed E-state index contributed by atoms with van der Waals surface area (Å²) < 4.78 is 40.9. The fraction of sp³-hybridized carbons (Fsp3) is 0.185. The molecule has 2 aromatic carbocycles. The molecule has 4 aromatic rings. The number of anilines is 3. The van der Waals surface area contributed by atoms with Crippen LogP contribution in [-0.2, 0) is 6.18 Å². The van der Waals surface area contributed by atoms with E-state index in [9.17, 15) is 18.0 Å². The number of rotatable bonds is 5. The van der Waals surface area contributed by atoms with E-state index in [2.05, 4.69) is 37.2 Å². The van der Waals surface area contributed by atoms with E-state index in [0.29, 0.717) is 11.3 Å². The van der Waals surface area contributed by atoms with Crippen LogP contribution in [0.25, 0.3) is 11.3 Å². The smallest absolute Gasteiger partial charge is 0.368 e. The highest BCUT2D eigenvalue weighted by molar-refractivity contribution is 6.06. The first-order valence-electron chi connectivity index (χ1n) is 11.6. The second-order valence-electron chi connectivity index (χ2n) is 8.50. The van der Waals surface area contributed by atoms with Crippen molar-refractivity contribution in [1.29, 1.82) is 0 Å². The van der Waals surface area contributed by atoms with Gasteiger partial charge in [-0.2, -0.15) is 13.2 Å². The summed E-state index contributed by atoms with van der Waals surface area (Å²) in [6.45, 7) is 3.27. The molecule has 0 saturated carbocycles. The lowest BCUT2D eigenvalue weighted by molar-refractivity contribution is -0.141. The normalized spacial score (nSPS) is 14.1. The Balaban J connectivity index is 1.27. The lowest BCUT2D eigenvalue weighted by Crippen LogP contribution is -2.46. The summed E-state index contributed by atoms with van der Waals surface area (Å²) in [7, 11) is 0. The van der Waals surface area contributed by atoms with E-state index in [1.807, 2.05) is 18.2 Å². The standard InChI is InChI=1S/C27H24F3N5O/c28-27(29,30)25-22(17-23(33-25)19-7-3-1-4-8-19)26(36)32-20-11-12-24(31-18-20)35-15-13-34(14-16-35)21-9-5-2-6-10-21/h1-12,17-18,33H,13-16H2,(H,32,36). The number of benzene rings is 2. The lowest BCUT2D eigenvalue weighted by atomic mass is 10.1. The zero-order valence-corrected chi connectivity index (χ0v) is 19.3. The molecule has 1 saturated heterocycles. The summed E-state index contributed by atoms with van der Waals surface area (Å²) in [4.78, 5) is 24.1. The van der Waals surface area contributed by atoms with Gasteiger partial charge in [-0.05, 0) is 35.9 Å². The van der Waals surface area contributed by atoms with E-state index in [1.165, 1.54) is 18.0 Å². The molecule has 1 aliphatic rings. The van der Waals surface area contributed by atoms with Crippen molar-refractivity contribution in [2.45, 2.75) is 6.18 Å². The number of halogens is 3. The van der Waals surface area contributed by atoms with E-state index in [4.69, 9.17) is 0 Å². The molecule has 184 valence electrons. The van der Waals surface area contributed by atoms with Crippen LogP contribution in [0.4, 0.5) is 30.4 Å². The average Bonchev–Trinajstić information content (AvgIpc) is 3.37. The maximum Gasteiger partial charge on any atom is 0.432 e. The monoisotopic (exact) mass is 491 g/mol. The van der Waals surface area contributed by atoms with Crippen molar-refractivity contribution in [2.24, 2.45) is 0 Å². The maximum atomic E-state index is 13.6. The molecule has 0 radical (unpaired) electrons. The van der Waals surface area contributed by atoms with Gasteiger partial charge in [0, 0.05) is 37.6 Å². The minimum absolute atomic E-state index is 0.219. The summed E-state index contributed by atoms with van der Waals surface area (Å²) in [5, 5.41) is 2.55. The zero-order valence-electron chi connectivity index (χ0n) is 19.3. The van der Waals surface area contributed by atoms with E-state index in [0.717, 1.165) is 32.0 Å². The number of amides is 1. The number of nitrogens with one attached hydrogen (secondary N) is 2. The van der Waals surface area contributed by atoms with Crippen LogP contribution in [0, 0.1) is 0 Å². The van der Waals surface area contributed by atoms with Crippen LogP contribution in [0.5, 0.6) is 0 Å². The number of aromatic nitrogens is 2. The average molecular weight is 492 g/mol. The SMILES string of the molecule is O=C(Nc1ccc(N2CCN(c3ccccc3)CC2)nc1)c1cc(-c2ccccc2)[nH]c1C(F)(F)F. The van der Waals surface area contributed by atoms with Crippen LogP contribution >= 0.6 is 0 Å². The van der Waals surface area contributed by atoms with Crippen molar-refractivity contribution in [1.82, 2.24) is 9.97 Å². The highest BCUT2D eigenvalue weighted by Crippen LogP contribution is 2.34. The van der Waals surface area contributed by atoms with Gasteiger partial charge in [-0.15, -0.1) is 0 Å². The largest absolute Gasteiger partial charge is 0.432 e. The van der Waals surface area contributed by atoms with Crippen LogP contribution in [0.15, 0.2) is 85.1 Å². The van der Waals surface area contributed by atoms with Gasteiger partial charge in [0.1, 0.15) is 11.5 Å². The molecule has 6 nitrogen and oxygen atoms in total. The molecular weight excluding hydrogens is 467 g/mol. The first kappa shape index (κ1) is 23.5. The van der Waals surface area contributed by atoms with Crippen molar-refractivity contribution in [3.63, 3.8) is 0 Å². The molecule has 9 heteroatoms. The molecule has 3 heterocycles. The third-order valence-electron chi connectivity index (χ3n) is 6.16. The Kier molecular flexibility index (Phi) is 6.37. The third kappa shape index (κ3) is 5.05. The van der Waals surface area contributed by atoms with Crippen LogP contribution in [0.1, 0.15) is 16.1 Å². The molecule has 0 atom stereocenters. The number of carbonyl (C=O) groups is 1. The molecule has 36 heavy (non-hydrogen) atoms. The van der Waals surface area contributed by atoms with E-state index >= 15 is 0 Å². The predicted molar refractivity (Wildman–Crippen MR) is 134 cm³/mol. The third-order valence-corrected chi connectivity index (χ3v) is 6.16. The van der Waals surface area contributed by atoms with Crippen LogP contribution in [0.2, 0.25) is 0 Å². The fourth-order valence-corrected chi connectivity index (χ4v) is 4.31. The predicted octanol–water partition coefficient (Wildman–Crippen LogP) is 5.67. The topological polar surface area (TPSA) is 64.3 Å². The van der Waals surface area contributed by atoms with Crippen molar-refractivity contribution >= 4 is 23.1 Å². The number of piperazine rings is 1. The van der Waals surface area contributed by atoms with Crippen molar-refractivity contribution in [3.05, 3.63) is 96.3 Å². The molecule has 1 aliphatic heterocycles. The Morgan fingerprint density at radius 1 is 0.861 bits per heavy atom. The lowest BCUT2D eigenvalue weighted by Gasteiger charge is -2.36. The second kappa shape index (κ2) is 9.77. The first-order chi connectivity index (χ1) is 17.4. The number of pyridine rings is 1. The molecule has 5 rings (SSSR count). The van der Waals surface area contributed by atoms with Crippen molar-refractivity contribution in [2.75, 3.05) is 41.3 Å². The number of hydrogen-bond donors (Lipinski definition) is 2. The molecular formula is C27H24F3N5O. The van der Waals surface area contributed by atoms with Gasteiger partial charge in [0.25, 0.3) is 5.91 Å². The molecule has 0 bridgehead atoms. The Bertz CT molecular complexity index is 1310. The van der Waals surface area contributed by atoms with Gasteiger partial charge in [0.05, 0.1) is 17.4 Å². The minimum Gasteiger partial charge on any atom is -0.368 e. The fourth-order valence-electron chi connectivity index (χ4n) is 4.31. The number of hydrogen-bond acceptors (Lipinski definition) is 4. The number of alkyl halides is 3. The Morgan fingerprint density at radius 2 is 1.50 bits per heavy atom. The van der Waals surface area contributed by atoms with Gasteiger partial charge in [0.15, 0.2) is 0 Å². The minimum atomic E-state index is -4.70. The summed E-state index contributed by atoms with van der Waals surface area (Å²) in [5.74, 6) is -0.100. The van der Waals surface area contributed by atoms with E-state index in [1.54, 1.807) is 42.5 Å². The zero-order chi connectivity index (χ0) is 25.1. The van der Waals surface area contributed by atoms with E-state index < -0.39 is 23.3 Å². The number of H-pyrrole nitrogens is 1. The van der Waals surface area contributed by atoms with Crippen molar-refractivity contribution in [3.8, 4) is 11.3 Å². The van der Waals surface area contributed by atoms with Crippen molar-refractivity contribution < 1.29 is 18.0 Å². The molecule has 1 fully saturated rings. The Labute approximate surface area is 206 Å². The quantitative estimate of drug-likeness (QED) is 0.377. The highest BCUT2D eigenvalue weighted by Gasteiger charge is 2.38. The summed E-state index contributed by atoms with van der Waals surface area (Å²) in [5.41, 5.74) is 0.725. The number of para-hydroxylation sites is 1. The van der Waals surface area contributed by atoms with Crippen LogP contribution in [-0.4, -0.2) is 42.1 Å². The number of aromatic amines is 1. The summed E-state index contributed by atoms with van der Waals surface area (Å²) in [6.07, 6.45) is -3.24. The number of carbonyl (C=O) groups excluding carboxylic acids is 1. The summed E-state index contributed by atoms with van der Waals surface area (Å²) >= 11 is 0. The van der Waals surface area contributed by atoms with Gasteiger partial charge in [-0.3, -0.25) is 4.79 Å². The molecule has 0 aliphatic carbocycles. The van der Waals surface area contributed by atoms with Gasteiger partial charge in [0.2, 0.25) is 0 Å². The molecule has 2 N–H and O–H groups in total. The van der Waals surface area contributed by atoms with Gasteiger partial charge < -0.3 is 20.1 Å². The highest BCUT2D eigenvalue weighted by atomic mass is 19.4. The Hall–Kier alpha value is -4.27. The maximum absolute atomic E-state index is 13.6. The molecule has 2 aromatic heterocycles. The van der Waals surface area contributed by atoms with E-state index in [-0.39, 0.29) is 5.69 Å². The van der Waals surface area contributed by atoms with Crippen LogP contribution < -0.4 is 15.1 Å². The van der Waals surface area contributed by atoms with Gasteiger partial charge in [-0.1, -0.05) is 48.5 Å². The summed E-state index contributed by atoms with van der Waals surface area (Å²) in [6, 6.07) is 23.4. The molecule has 1 amide bonds. The van der Waals surface area contributed by atoms with Gasteiger partial charge >= 0.3 is 6.18 Å². The molecule has 0 unspecified atom stereocenters. The van der Waals surface area contributed by atoms with Crippen LogP contribution in [0.3, 0.4) is 0 Å². The Morgan fingerprint density at radius 3 is 2.11 bits per heavy atom. The first-order valence-corrected chi connectivity index (χ1v) is 11.6. The number of nitrogens with zero attached hydrogens (tertiary/aromatic N) is 3. The van der Waals surface area contributed by atoms with Gasteiger partial charge in [-0.25, -0.2) is 4.98 Å².